The normalized spacial score (nSPS) is 23.6. The van der Waals surface area contributed by atoms with Crippen molar-refractivity contribution in [2.75, 3.05) is 6.61 Å². The number of aromatic hydroxyl groups is 3. The van der Waals surface area contributed by atoms with Crippen molar-refractivity contribution >= 4 is 0 Å². The molecule has 0 saturated carbocycles. The number of phenolic OH excluding ortho intramolecular Hbond substituents is 3. The number of hydrogen-bond acceptors (Lipinski definition) is 6. The predicted molar refractivity (Wildman–Crippen MR) is 77.0 cm³/mol. The van der Waals surface area contributed by atoms with E-state index in [9.17, 15) is 25.5 Å². The zero-order valence-electron chi connectivity index (χ0n) is 11.6. The highest BCUT2D eigenvalue weighted by atomic mass is 16.5. The van der Waals surface area contributed by atoms with Crippen LogP contribution in [-0.2, 0) is 6.42 Å². The molecule has 1 aliphatic rings. The molecule has 116 valence electrons. The molecule has 6 nitrogen and oxygen atoms in total. The third kappa shape index (κ3) is 2.43. The molecular weight excluding hydrogens is 288 g/mol. The zero-order valence-corrected chi connectivity index (χ0v) is 11.6. The van der Waals surface area contributed by atoms with Crippen molar-refractivity contribution in [2.45, 2.75) is 18.1 Å². The van der Waals surface area contributed by atoms with E-state index in [1.54, 1.807) is 6.07 Å². The molecule has 3 rings (SSSR count). The summed E-state index contributed by atoms with van der Waals surface area (Å²) in [5, 5.41) is 49.4. The number of fused-ring (bicyclic) bond motifs is 1. The minimum Gasteiger partial charge on any atom is -0.508 e. The van der Waals surface area contributed by atoms with Crippen LogP contribution in [0.25, 0.3) is 0 Å². The standard InChI is InChI=1S/C16H16O6/c17-10-2-3-11-14(6-10)22-8-16(21,15(11)20)7-9-1-4-12(18)13(19)5-9/h1-6,15,17-21H,7-8H2. The van der Waals surface area contributed by atoms with Crippen molar-refractivity contribution in [2.24, 2.45) is 0 Å². The largest absolute Gasteiger partial charge is 0.508 e. The van der Waals surface area contributed by atoms with Gasteiger partial charge in [-0.3, -0.25) is 0 Å². The molecule has 2 aromatic carbocycles. The van der Waals surface area contributed by atoms with Crippen molar-refractivity contribution in [3.8, 4) is 23.0 Å². The van der Waals surface area contributed by atoms with Crippen LogP contribution in [0.1, 0.15) is 17.2 Å². The average Bonchev–Trinajstić information content (AvgIpc) is 2.47. The summed E-state index contributed by atoms with van der Waals surface area (Å²) in [7, 11) is 0. The first-order chi connectivity index (χ1) is 10.4. The Hall–Kier alpha value is -2.44. The first-order valence-electron chi connectivity index (χ1n) is 6.76. The Balaban J connectivity index is 1.90. The molecule has 6 heteroatoms. The maximum absolute atomic E-state index is 10.7. The molecule has 0 saturated heterocycles. The van der Waals surface area contributed by atoms with Gasteiger partial charge in [-0.25, -0.2) is 0 Å². The number of hydrogen-bond donors (Lipinski definition) is 5. The Morgan fingerprint density at radius 2 is 1.82 bits per heavy atom. The molecule has 1 aliphatic heterocycles. The molecule has 0 amide bonds. The van der Waals surface area contributed by atoms with Gasteiger partial charge >= 0.3 is 0 Å². The van der Waals surface area contributed by atoms with Crippen molar-refractivity contribution in [3.05, 3.63) is 47.5 Å². The van der Waals surface area contributed by atoms with Crippen LogP contribution in [-0.4, -0.2) is 37.7 Å². The van der Waals surface area contributed by atoms with Gasteiger partial charge in [-0.15, -0.1) is 0 Å². The lowest BCUT2D eigenvalue weighted by Crippen LogP contribution is -2.47. The van der Waals surface area contributed by atoms with Crippen LogP contribution in [0.3, 0.4) is 0 Å². The van der Waals surface area contributed by atoms with E-state index in [0.717, 1.165) is 0 Å². The first-order valence-corrected chi connectivity index (χ1v) is 6.76. The van der Waals surface area contributed by atoms with Crippen LogP contribution < -0.4 is 4.74 Å². The first kappa shape index (κ1) is 14.5. The van der Waals surface area contributed by atoms with E-state index in [1.165, 1.54) is 30.3 Å². The summed E-state index contributed by atoms with van der Waals surface area (Å²) in [6, 6.07) is 8.47. The van der Waals surface area contributed by atoms with E-state index in [1.807, 2.05) is 0 Å². The van der Waals surface area contributed by atoms with E-state index < -0.39 is 11.7 Å². The second-order valence-corrected chi connectivity index (χ2v) is 5.52. The van der Waals surface area contributed by atoms with Gasteiger partial charge in [0.25, 0.3) is 0 Å². The fourth-order valence-electron chi connectivity index (χ4n) is 2.63. The third-order valence-corrected chi connectivity index (χ3v) is 3.83. The molecule has 1 heterocycles. The molecule has 2 atom stereocenters. The summed E-state index contributed by atoms with van der Waals surface area (Å²) >= 11 is 0. The van der Waals surface area contributed by atoms with Crippen molar-refractivity contribution < 1.29 is 30.3 Å². The summed E-state index contributed by atoms with van der Waals surface area (Å²) in [4.78, 5) is 0. The summed E-state index contributed by atoms with van der Waals surface area (Å²) in [6.45, 7) is -0.160. The summed E-state index contributed by atoms with van der Waals surface area (Å²) in [5.74, 6) is -0.208. The number of benzene rings is 2. The molecule has 0 bridgehead atoms. The quantitative estimate of drug-likeness (QED) is 0.533. The monoisotopic (exact) mass is 304 g/mol. The fourth-order valence-corrected chi connectivity index (χ4v) is 2.63. The van der Waals surface area contributed by atoms with Gasteiger partial charge in [-0.05, 0) is 29.8 Å². The van der Waals surface area contributed by atoms with E-state index in [2.05, 4.69) is 0 Å². The third-order valence-electron chi connectivity index (χ3n) is 3.83. The number of aliphatic hydroxyl groups excluding tert-OH is 1. The Morgan fingerprint density at radius 1 is 1.05 bits per heavy atom. The Kier molecular flexibility index (Phi) is 3.35. The molecule has 0 spiro atoms. The molecule has 0 radical (unpaired) electrons. The van der Waals surface area contributed by atoms with E-state index >= 15 is 0 Å². The molecule has 5 N–H and O–H groups in total. The topological polar surface area (TPSA) is 110 Å². The smallest absolute Gasteiger partial charge is 0.157 e. The second kappa shape index (κ2) is 5.08. The van der Waals surface area contributed by atoms with Crippen molar-refractivity contribution in [3.63, 3.8) is 0 Å². The van der Waals surface area contributed by atoms with Gasteiger partial charge in [0.2, 0.25) is 0 Å². The Morgan fingerprint density at radius 3 is 2.55 bits per heavy atom. The average molecular weight is 304 g/mol. The SMILES string of the molecule is Oc1ccc2c(c1)OCC(O)(Cc1ccc(O)c(O)c1)C2O. The zero-order chi connectivity index (χ0) is 15.9. The molecule has 2 unspecified atom stereocenters. The highest BCUT2D eigenvalue weighted by Crippen LogP contribution is 2.41. The maximum Gasteiger partial charge on any atom is 0.157 e. The second-order valence-electron chi connectivity index (χ2n) is 5.52. The van der Waals surface area contributed by atoms with Crippen molar-refractivity contribution in [1.29, 1.82) is 0 Å². The Labute approximate surface area is 126 Å². The van der Waals surface area contributed by atoms with Gasteiger partial charge in [-0.1, -0.05) is 6.07 Å². The summed E-state index contributed by atoms with van der Waals surface area (Å²) < 4.78 is 5.43. The molecule has 0 aromatic heterocycles. The van der Waals surface area contributed by atoms with E-state index in [4.69, 9.17) is 4.74 Å². The van der Waals surface area contributed by atoms with E-state index in [-0.39, 0.29) is 30.3 Å². The van der Waals surface area contributed by atoms with Gasteiger partial charge in [-0.2, -0.15) is 0 Å². The number of phenols is 3. The minimum atomic E-state index is -1.58. The number of rotatable bonds is 2. The lowest BCUT2D eigenvalue weighted by Gasteiger charge is -2.38. The maximum atomic E-state index is 10.7. The van der Waals surface area contributed by atoms with Crippen LogP contribution in [0.5, 0.6) is 23.0 Å². The van der Waals surface area contributed by atoms with Crippen LogP contribution in [0, 0.1) is 0 Å². The minimum absolute atomic E-state index is 0.0137. The molecule has 22 heavy (non-hydrogen) atoms. The molecule has 0 fully saturated rings. The highest BCUT2D eigenvalue weighted by Gasteiger charge is 2.42. The van der Waals surface area contributed by atoms with Gasteiger partial charge < -0.3 is 30.3 Å². The number of ether oxygens (including phenoxy) is 1. The van der Waals surface area contributed by atoms with Crippen LogP contribution in [0.15, 0.2) is 36.4 Å². The fraction of sp³-hybridized carbons (Fsp3) is 0.250. The van der Waals surface area contributed by atoms with Gasteiger partial charge in [0, 0.05) is 18.1 Å². The lowest BCUT2D eigenvalue weighted by molar-refractivity contribution is -0.114. The highest BCUT2D eigenvalue weighted by molar-refractivity contribution is 5.45. The van der Waals surface area contributed by atoms with Crippen molar-refractivity contribution in [1.82, 2.24) is 0 Å². The van der Waals surface area contributed by atoms with Crippen LogP contribution in [0.4, 0.5) is 0 Å². The molecular formula is C16H16O6. The van der Waals surface area contributed by atoms with Gasteiger partial charge in [0.1, 0.15) is 29.8 Å². The van der Waals surface area contributed by atoms with Gasteiger partial charge in [0.05, 0.1) is 0 Å². The number of aliphatic hydroxyl groups is 2. The summed E-state index contributed by atoms with van der Waals surface area (Å²) in [6.07, 6.45) is -1.17. The summed E-state index contributed by atoms with van der Waals surface area (Å²) in [5.41, 5.74) is -0.648. The predicted octanol–water partition coefficient (Wildman–Crippen LogP) is 1.20. The molecule has 0 aliphatic carbocycles. The molecule has 2 aromatic rings. The van der Waals surface area contributed by atoms with E-state index in [0.29, 0.717) is 16.9 Å². The lowest BCUT2D eigenvalue weighted by atomic mass is 9.84. The van der Waals surface area contributed by atoms with Gasteiger partial charge in [0.15, 0.2) is 11.5 Å². The van der Waals surface area contributed by atoms with Crippen LogP contribution in [0.2, 0.25) is 0 Å². The van der Waals surface area contributed by atoms with Crippen LogP contribution >= 0.6 is 0 Å². The Bertz CT molecular complexity index is 714.